The van der Waals surface area contributed by atoms with Gasteiger partial charge in [0.2, 0.25) is 5.91 Å². The number of aromatic nitrogens is 5. The second-order valence-electron chi connectivity index (χ2n) is 6.71. The van der Waals surface area contributed by atoms with Gasteiger partial charge in [-0.2, -0.15) is 4.98 Å². The number of carbonyl (C=O) groups excluding carboxylic acids is 1. The Morgan fingerprint density at radius 3 is 2.90 bits per heavy atom. The first-order valence-electron chi connectivity index (χ1n) is 9.26. The second kappa shape index (κ2) is 7.78. The molecule has 0 spiro atoms. The predicted octanol–water partition coefficient (Wildman–Crippen LogP) is 3.36. The van der Waals surface area contributed by atoms with Crippen molar-refractivity contribution in [2.75, 3.05) is 5.32 Å². The number of amides is 1. The molecule has 0 radical (unpaired) electrons. The smallest absolute Gasteiger partial charge is 0.259 e. The van der Waals surface area contributed by atoms with Crippen LogP contribution < -0.4 is 5.32 Å². The molecule has 148 valence electrons. The van der Waals surface area contributed by atoms with Crippen LogP contribution in [-0.2, 0) is 17.6 Å². The predicted molar refractivity (Wildman–Crippen MR) is 104 cm³/mol. The third kappa shape index (κ3) is 3.98. The minimum Gasteiger partial charge on any atom is -0.334 e. The fourth-order valence-electron chi connectivity index (χ4n) is 2.99. The first-order valence-corrected chi connectivity index (χ1v) is 9.26. The van der Waals surface area contributed by atoms with Crippen molar-refractivity contribution in [2.24, 2.45) is 0 Å². The molecule has 1 amide bonds. The highest BCUT2D eigenvalue weighted by molar-refractivity contribution is 5.92. The van der Waals surface area contributed by atoms with Crippen LogP contribution in [-0.4, -0.2) is 30.6 Å². The molecule has 4 aromatic rings. The molecule has 0 fully saturated rings. The van der Waals surface area contributed by atoms with Gasteiger partial charge in [0.1, 0.15) is 11.6 Å². The van der Waals surface area contributed by atoms with Crippen LogP contribution in [0.15, 0.2) is 41.1 Å². The van der Waals surface area contributed by atoms with Gasteiger partial charge in [-0.25, -0.2) is 4.39 Å². The summed E-state index contributed by atoms with van der Waals surface area (Å²) in [4.78, 5) is 16.8. The zero-order valence-corrected chi connectivity index (χ0v) is 16.0. The number of rotatable bonds is 6. The number of benzene rings is 1. The Bertz CT molecular complexity index is 1180. The van der Waals surface area contributed by atoms with E-state index in [-0.39, 0.29) is 18.1 Å². The number of carbonyl (C=O) groups is 1. The summed E-state index contributed by atoms with van der Waals surface area (Å²) in [6, 6.07) is 7.80. The second-order valence-corrected chi connectivity index (χ2v) is 6.71. The molecule has 0 saturated heterocycles. The Balaban J connectivity index is 1.56. The third-order valence-electron chi connectivity index (χ3n) is 4.44. The molecule has 1 N–H and O–H groups in total. The monoisotopic (exact) mass is 394 g/mol. The molecule has 8 nitrogen and oxygen atoms in total. The number of anilines is 1. The van der Waals surface area contributed by atoms with E-state index in [4.69, 9.17) is 4.52 Å². The Kier molecular flexibility index (Phi) is 5.03. The average Bonchev–Trinajstić information content (AvgIpc) is 3.31. The van der Waals surface area contributed by atoms with Crippen molar-refractivity contribution in [2.45, 2.75) is 33.1 Å². The molecule has 0 bridgehead atoms. The standard InChI is InChI=1S/C20H19FN6O2/c1-3-4-16-23-20(29-26-16)13-5-8-17-24-25-18(27(17)11-13)10-19(28)22-15-7-6-14(21)9-12(15)2/h5-9,11H,3-4,10H2,1-2H3,(H,22,28). The van der Waals surface area contributed by atoms with Crippen LogP contribution in [0.5, 0.6) is 0 Å². The Morgan fingerprint density at radius 1 is 1.24 bits per heavy atom. The number of hydrogen-bond donors (Lipinski definition) is 1. The van der Waals surface area contributed by atoms with Crippen LogP contribution in [0, 0.1) is 12.7 Å². The van der Waals surface area contributed by atoms with Crippen molar-refractivity contribution < 1.29 is 13.7 Å². The largest absolute Gasteiger partial charge is 0.334 e. The highest BCUT2D eigenvalue weighted by Gasteiger charge is 2.15. The first-order chi connectivity index (χ1) is 14.0. The number of aryl methyl sites for hydroxylation is 2. The lowest BCUT2D eigenvalue weighted by molar-refractivity contribution is -0.115. The van der Waals surface area contributed by atoms with E-state index < -0.39 is 0 Å². The summed E-state index contributed by atoms with van der Waals surface area (Å²) in [5.41, 5.74) is 2.51. The maximum absolute atomic E-state index is 13.2. The van der Waals surface area contributed by atoms with E-state index in [9.17, 15) is 9.18 Å². The van der Waals surface area contributed by atoms with Crippen LogP contribution in [0.3, 0.4) is 0 Å². The van der Waals surface area contributed by atoms with Gasteiger partial charge in [0.15, 0.2) is 11.5 Å². The molecule has 3 heterocycles. The summed E-state index contributed by atoms with van der Waals surface area (Å²) in [6.07, 6.45) is 3.44. The van der Waals surface area contributed by atoms with Gasteiger partial charge in [-0.3, -0.25) is 9.20 Å². The summed E-state index contributed by atoms with van der Waals surface area (Å²) >= 11 is 0. The van der Waals surface area contributed by atoms with Crippen LogP contribution >= 0.6 is 0 Å². The average molecular weight is 394 g/mol. The van der Waals surface area contributed by atoms with Crippen LogP contribution in [0.2, 0.25) is 0 Å². The molecular formula is C20H19FN6O2. The van der Waals surface area contributed by atoms with E-state index in [1.165, 1.54) is 18.2 Å². The van der Waals surface area contributed by atoms with Crippen molar-refractivity contribution >= 4 is 17.2 Å². The number of nitrogens with one attached hydrogen (secondary N) is 1. The van der Waals surface area contributed by atoms with E-state index >= 15 is 0 Å². The Hall–Kier alpha value is -3.62. The maximum atomic E-state index is 13.2. The Labute approximate surface area is 165 Å². The number of halogens is 1. The summed E-state index contributed by atoms with van der Waals surface area (Å²) < 4.78 is 20.3. The summed E-state index contributed by atoms with van der Waals surface area (Å²) in [6.45, 7) is 3.78. The quantitative estimate of drug-likeness (QED) is 0.538. The van der Waals surface area contributed by atoms with Crippen molar-refractivity contribution in [3.05, 3.63) is 59.6 Å². The summed E-state index contributed by atoms with van der Waals surface area (Å²) in [7, 11) is 0. The molecule has 3 aromatic heterocycles. The van der Waals surface area contributed by atoms with E-state index in [0.717, 1.165) is 12.8 Å². The number of fused-ring (bicyclic) bond motifs is 1. The molecule has 29 heavy (non-hydrogen) atoms. The normalized spacial score (nSPS) is 11.1. The zero-order chi connectivity index (χ0) is 20.4. The van der Waals surface area contributed by atoms with Gasteiger partial charge in [0.25, 0.3) is 5.89 Å². The molecule has 0 aliphatic carbocycles. The van der Waals surface area contributed by atoms with Gasteiger partial charge >= 0.3 is 0 Å². The highest BCUT2D eigenvalue weighted by Crippen LogP contribution is 2.20. The maximum Gasteiger partial charge on any atom is 0.259 e. The van der Waals surface area contributed by atoms with Crippen molar-refractivity contribution in [3.63, 3.8) is 0 Å². The molecule has 4 rings (SSSR count). The van der Waals surface area contributed by atoms with Crippen molar-refractivity contribution in [1.29, 1.82) is 0 Å². The lowest BCUT2D eigenvalue weighted by atomic mass is 10.2. The summed E-state index contributed by atoms with van der Waals surface area (Å²) in [5.74, 6) is 0.899. The molecule has 0 aliphatic rings. The number of pyridine rings is 1. The first kappa shape index (κ1) is 18.7. The minimum atomic E-state index is -0.348. The fraction of sp³-hybridized carbons (Fsp3) is 0.250. The van der Waals surface area contributed by atoms with E-state index in [1.807, 2.05) is 13.0 Å². The molecule has 1 aromatic carbocycles. The van der Waals surface area contributed by atoms with Crippen LogP contribution in [0.4, 0.5) is 10.1 Å². The highest BCUT2D eigenvalue weighted by atomic mass is 19.1. The van der Waals surface area contributed by atoms with E-state index in [1.54, 1.807) is 23.6 Å². The van der Waals surface area contributed by atoms with Gasteiger partial charge in [0, 0.05) is 18.3 Å². The molecule has 0 unspecified atom stereocenters. The van der Waals surface area contributed by atoms with Crippen molar-refractivity contribution in [3.8, 4) is 11.5 Å². The van der Waals surface area contributed by atoms with Gasteiger partial charge in [-0.15, -0.1) is 10.2 Å². The van der Waals surface area contributed by atoms with Gasteiger partial charge in [0.05, 0.1) is 12.0 Å². The molecule has 9 heteroatoms. The minimum absolute atomic E-state index is 0.00630. The van der Waals surface area contributed by atoms with E-state index in [2.05, 4.69) is 25.7 Å². The number of hydrogen-bond acceptors (Lipinski definition) is 6. The van der Waals surface area contributed by atoms with Crippen LogP contribution in [0.25, 0.3) is 17.1 Å². The lowest BCUT2D eigenvalue weighted by Crippen LogP contribution is -2.17. The topological polar surface area (TPSA) is 98.2 Å². The SMILES string of the molecule is CCCc1noc(-c2ccc3nnc(CC(=O)Nc4ccc(F)cc4C)n3c2)n1. The molecular weight excluding hydrogens is 375 g/mol. The lowest BCUT2D eigenvalue weighted by Gasteiger charge is -2.08. The van der Waals surface area contributed by atoms with Crippen molar-refractivity contribution in [1.82, 2.24) is 24.7 Å². The summed E-state index contributed by atoms with van der Waals surface area (Å²) in [5, 5.41) is 14.9. The molecule has 0 aliphatic heterocycles. The fourth-order valence-corrected chi connectivity index (χ4v) is 2.99. The van der Waals surface area contributed by atoms with E-state index in [0.29, 0.717) is 40.0 Å². The number of nitrogens with zero attached hydrogens (tertiary/aromatic N) is 5. The van der Waals surface area contributed by atoms with Gasteiger partial charge < -0.3 is 9.84 Å². The van der Waals surface area contributed by atoms with Crippen LogP contribution in [0.1, 0.15) is 30.6 Å². The molecule has 0 saturated carbocycles. The Morgan fingerprint density at radius 2 is 2.10 bits per heavy atom. The molecule has 0 atom stereocenters. The van der Waals surface area contributed by atoms with Gasteiger partial charge in [-0.1, -0.05) is 12.1 Å². The van der Waals surface area contributed by atoms with Gasteiger partial charge in [-0.05, 0) is 49.2 Å². The zero-order valence-electron chi connectivity index (χ0n) is 16.0. The third-order valence-corrected chi connectivity index (χ3v) is 4.44.